The van der Waals surface area contributed by atoms with Crippen LogP contribution in [0, 0.1) is 5.92 Å². The molecule has 0 aromatic rings. The molecule has 1 unspecified atom stereocenters. The minimum atomic E-state index is -0.783. The zero-order chi connectivity index (χ0) is 12.1. The van der Waals surface area contributed by atoms with Gasteiger partial charge < -0.3 is 10.0 Å². The van der Waals surface area contributed by atoms with Crippen LogP contribution in [0.5, 0.6) is 0 Å². The van der Waals surface area contributed by atoms with Gasteiger partial charge in [-0.15, -0.1) is 11.8 Å². The van der Waals surface area contributed by atoms with Gasteiger partial charge in [0, 0.05) is 13.1 Å². The summed E-state index contributed by atoms with van der Waals surface area (Å²) in [6.07, 6.45) is 1.49. The van der Waals surface area contributed by atoms with Gasteiger partial charge in [0.1, 0.15) is 0 Å². The van der Waals surface area contributed by atoms with Crippen LogP contribution in [0.15, 0.2) is 0 Å². The first-order valence-corrected chi connectivity index (χ1v) is 6.67. The van der Waals surface area contributed by atoms with E-state index in [4.69, 9.17) is 5.11 Å². The summed E-state index contributed by atoms with van der Waals surface area (Å²) in [5.41, 5.74) is 0. The minimum absolute atomic E-state index is 0.0738. The molecular formula is C11H19NO3S. The standard InChI is InChI=1S/C11H19NO3S/c1-8(2)16-7-10(13)12-5-3-4-9(6-12)11(14)15/h8-9H,3-7H2,1-2H3,(H,14,15). The van der Waals surface area contributed by atoms with Crippen molar-refractivity contribution in [3.63, 3.8) is 0 Å². The van der Waals surface area contributed by atoms with Gasteiger partial charge in [0.05, 0.1) is 11.7 Å². The Balaban J connectivity index is 2.41. The van der Waals surface area contributed by atoms with E-state index < -0.39 is 5.97 Å². The number of amides is 1. The molecule has 5 heteroatoms. The Labute approximate surface area is 100 Å². The summed E-state index contributed by atoms with van der Waals surface area (Å²) in [6.45, 7) is 5.19. The quantitative estimate of drug-likeness (QED) is 0.814. The number of nitrogens with zero attached hydrogens (tertiary/aromatic N) is 1. The lowest BCUT2D eigenvalue weighted by Crippen LogP contribution is -2.43. The molecule has 92 valence electrons. The highest BCUT2D eigenvalue weighted by Crippen LogP contribution is 2.18. The van der Waals surface area contributed by atoms with E-state index in [2.05, 4.69) is 0 Å². The minimum Gasteiger partial charge on any atom is -0.481 e. The van der Waals surface area contributed by atoms with E-state index in [1.807, 2.05) is 13.8 Å². The zero-order valence-electron chi connectivity index (χ0n) is 9.81. The first-order chi connectivity index (χ1) is 7.50. The molecular weight excluding hydrogens is 226 g/mol. The van der Waals surface area contributed by atoms with E-state index in [0.29, 0.717) is 30.5 Å². The first-order valence-electron chi connectivity index (χ1n) is 5.63. The average Bonchev–Trinajstić information content (AvgIpc) is 2.26. The molecule has 0 saturated carbocycles. The van der Waals surface area contributed by atoms with Crippen LogP contribution in [0.2, 0.25) is 0 Å². The van der Waals surface area contributed by atoms with Crippen molar-refractivity contribution >= 4 is 23.6 Å². The average molecular weight is 245 g/mol. The van der Waals surface area contributed by atoms with Gasteiger partial charge >= 0.3 is 5.97 Å². The van der Waals surface area contributed by atoms with Crippen LogP contribution in [0.25, 0.3) is 0 Å². The van der Waals surface area contributed by atoms with E-state index in [1.54, 1.807) is 16.7 Å². The second kappa shape index (κ2) is 6.13. The third-order valence-corrected chi connectivity index (χ3v) is 3.74. The van der Waals surface area contributed by atoms with Gasteiger partial charge in [0.15, 0.2) is 0 Å². The summed E-state index contributed by atoms with van der Waals surface area (Å²) in [6, 6.07) is 0. The van der Waals surface area contributed by atoms with Gasteiger partial charge in [0.2, 0.25) is 5.91 Å². The number of hydrogen-bond acceptors (Lipinski definition) is 3. The number of carbonyl (C=O) groups is 2. The summed E-state index contributed by atoms with van der Waals surface area (Å²) >= 11 is 1.60. The Bertz CT molecular complexity index is 268. The smallest absolute Gasteiger partial charge is 0.308 e. The molecule has 1 heterocycles. The third kappa shape index (κ3) is 4.04. The number of rotatable bonds is 4. The van der Waals surface area contributed by atoms with Gasteiger partial charge in [-0.05, 0) is 18.1 Å². The number of piperidine rings is 1. The second-order valence-corrected chi connectivity index (χ2v) is 5.94. The SMILES string of the molecule is CC(C)SCC(=O)N1CCCC(C(=O)O)C1. The van der Waals surface area contributed by atoms with E-state index in [-0.39, 0.29) is 11.8 Å². The summed E-state index contributed by atoms with van der Waals surface area (Å²) < 4.78 is 0. The number of carboxylic acid groups (broad SMARTS) is 1. The monoisotopic (exact) mass is 245 g/mol. The molecule has 1 aliphatic rings. The van der Waals surface area contributed by atoms with Crippen molar-refractivity contribution in [2.24, 2.45) is 5.92 Å². The second-order valence-electron chi connectivity index (χ2n) is 4.38. The van der Waals surface area contributed by atoms with Crippen LogP contribution >= 0.6 is 11.8 Å². The van der Waals surface area contributed by atoms with Gasteiger partial charge in [-0.1, -0.05) is 13.8 Å². The Morgan fingerprint density at radius 3 is 2.75 bits per heavy atom. The largest absolute Gasteiger partial charge is 0.481 e. The molecule has 16 heavy (non-hydrogen) atoms. The number of carboxylic acids is 1. The van der Waals surface area contributed by atoms with Gasteiger partial charge in [-0.25, -0.2) is 0 Å². The van der Waals surface area contributed by atoms with Crippen molar-refractivity contribution in [1.82, 2.24) is 4.90 Å². The van der Waals surface area contributed by atoms with Crippen LogP contribution in [0.3, 0.4) is 0 Å². The Hall–Kier alpha value is -0.710. The Morgan fingerprint density at radius 2 is 2.19 bits per heavy atom. The molecule has 1 atom stereocenters. The number of hydrogen-bond donors (Lipinski definition) is 1. The molecule has 1 rings (SSSR count). The summed E-state index contributed by atoms with van der Waals surface area (Å²) in [7, 11) is 0. The molecule has 0 spiro atoms. The van der Waals surface area contributed by atoms with E-state index in [1.165, 1.54) is 0 Å². The van der Waals surface area contributed by atoms with Crippen LogP contribution in [-0.2, 0) is 9.59 Å². The van der Waals surface area contributed by atoms with Crippen molar-refractivity contribution in [1.29, 1.82) is 0 Å². The molecule has 0 aliphatic carbocycles. The molecule has 1 saturated heterocycles. The normalized spacial score (nSPS) is 21.2. The van der Waals surface area contributed by atoms with E-state index in [0.717, 1.165) is 6.42 Å². The van der Waals surface area contributed by atoms with Gasteiger partial charge in [-0.3, -0.25) is 9.59 Å². The number of aliphatic carboxylic acids is 1. The lowest BCUT2D eigenvalue weighted by Gasteiger charge is -2.30. The molecule has 1 aliphatic heterocycles. The van der Waals surface area contributed by atoms with Crippen LogP contribution < -0.4 is 0 Å². The fourth-order valence-corrected chi connectivity index (χ4v) is 2.39. The maximum absolute atomic E-state index is 11.8. The molecule has 0 radical (unpaired) electrons. The van der Waals surface area contributed by atoms with Crippen LogP contribution in [0.1, 0.15) is 26.7 Å². The molecule has 1 fully saturated rings. The van der Waals surface area contributed by atoms with Gasteiger partial charge in [0.25, 0.3) is 0 Å². The summed E-state index contributed by atoms with van der Waals surface area (Å²) in [5.74, 6) is -0.621. The van der Waals surface area contributed by atoms with Crippen LogP contribution in [0.4, 0.5) is 0 Å². The molecule has 1 amide bonds. The van der Waals surface area contributed by atoms with Crippen molar-refractivity contribution in [2.45, 2.75) is 31.9 Å². The maximum Gasteiger partial charge on any atom is 0.308 e. The zero-order valence-corrected chi connectivity index (χ0v) is 10.6. The summed E-state index contributed by atoms with van der Waals surface area (Å²) in [4.78, 5) is 24.3. The predicted octanol–water partition coefficient (Wildman–Crippen LogP) is 1.45. The first kappa shape index (κ1) is 13.4. The van der Waals surface area contributed by atoms with E-state index in [9.17, 15) is 9.59 Å². The lowest BCUT2D eigenvalue weighted by atomic mass is 9.98. The Morgan fingerprint density at radius 1 is 1.50 bits per heavy atom. The van der Waals surface area contributed by atoms with Crippen molar-refractivity contribution in [3.8, 4) is 0 Å². The Kier molecular flexibility index (Phi) is 5.12. The fourth-order valence-electron chi connectivity index (χ4n) is 1.73. The number of likely N-dealkylation sites (tertiary alicyclic amines) is 1. The van der Waals surface area contributed by atoms with Crippen LogP contribution in [-0.4, -0.2) is 46.0 Å². The molecule has 4 nitrogen and oxygen atoms in total. The highest BCUT2D eigenvalue weighted by Gasteiger charge is 2.27. The van der Waals surface area contributed by atoms with Crippen molar-refractivity contribution in [3.05, 3.63) is 0 Å². The fraction of sp³-hybridized carbons (Fsp3) is 0.818. The van der Waals surface area contributed by atoms with Crippen molar-refractivity contribution < 1.29 is 14.7 Å². The van der Waals surface area contributed by atoms with Crippen molar-refractivity contribution in [2.75, 3.05) is 18.8 Å². The lowest BCUT2D eigenvalue weighted by molar-refractivity contribution is -0.145. The molecule has 0 bridgehead atoms. The van der Waals surface area contributed by atoms with Gasteiger partial charge in [-0.2, -0.15) is 0 Å². The number of carbonyl (C=O) groups excluding carboxylic acids is 1. The molecule has 0 aromatic carbocycles. The highest BCUT2D eigenvalue weighted by atomic mass is 32.2. The third-order valence-electron chi connectivity index (χ3n) is 2.66. The van der Waals surface area contributed by atoms with E-state index >= 15 is 0 Å². The predicted molar refractivity (Wildman–Crippen MR) is 64.5 cm³/mol. The maximum atomic E-state index is 11.8. The molecule has 1 N–H and O–H groups in total. The highest BCUT2D eigenvalue weighted by molar-refractivity contribution is 8.00. The number of thioether (sulfide) groups is 1. The summed E-state index contributed by atoms with van der Waals surface area (Å²) in [5, 5.41) is 9.35. The topological polar surface area (TPSA) is 57.6 Å². The molecule has 0 aromatic heterocycles.